The van der Waals surface area contributed by atoms with Crippen molar-refractivity contribution in [2.45, 2.75) is 19.3 Å². The van der Waals surface area contributed by atoms with E-state index in [1.165, 1.54) is 50.1 Å². The molecule has 1 aliphatic carbocycles. The monoisotopic (exact) mass is 653 g/mol. The second-order valence-electron chi connectivity index (χ2n) is 13.2. The van der Waals surface area contributed by atoms with E-state index < -0.39 is 5.41 Å². The van der Waals surface area contributed by atoms with E-state index in [0.29, 0.717) is 17.5 Å². The molecule has 0 fully saturated rings. The number of nitrogens with zero attached hydrogens (tertiary/aromatic N) is 3. The summed E-state index contributed by atoms with van der Waals surface area (Å²) in [4.78, 5) is 14.8. The lowest BCUT2D eigenvalue weighted by molar-refractivity contribution is 0.754. The summed E-state index contributed by atoms with van der Waals surface area (Å²) >= 11 is 0. The summed E-state index contributed by atoms with van der Waals surface area (Å²) < 4.78 is 0. The zero-order valence-electron chi connectivity index (χ0n) is 28.6. The van der Waals surface area contributed by atoms with Crippen LogP contribution in [0, 0.1) is 13.8 Å². The van der Waals surface area contributed by atoms with Crippen LogP contribution in [0.1, 0.15) is 33.4 Å². The van der Waals surface area contributed by atoms with Gasteiger partial charge in [-0.2, -0.15) is 0 Å². The fraction of sp³-hybridized carbons (Fsp3) is 0.0625. The van der Waals surface area contributed by atoms with Crippen LogP contribution < -0.4 is 0 Å². The third-order valence-electron chi connectivity index (χ3n) is 10.4. The van der Waals surface area contributed by atoms with Gasteiger partial charge in [0.2, 0.25) is 0 Å². The maximum atomic E-state index is 4.96. The molecule has 0 aliphatic heterocycles. The van der Waals surface area contributed by atoms with Crippen molar-refractivity contribution < 1.29 is 0 Å². The van der Waals surface area contributed by atoms with Crippen LogP contribution in [0.2, 0.25) is 0 Å². The average Bonchev–Trinajstić information content (AvgIpc) is 3.49. The Morgan fingerprint density at radius 3 is 1.24 bits per heavy atom. The molecule has 0 bridgehead atoms. The molecule has 0 spiro atoms. The van der Waals surface area contributed by atoms with Crippen LogP contribution in [0.4, 0.5) is 0 Å². The molecule has 0 radical (unpaired) electrons. The van der Waals surface area contributed by atoms with Gasteiger partial charge in [0, 0.05) is 16.7 Å². The third kappa shape index (κ3) is 5.01. The van der Waals surface area contributed by atoms with Gasteiger partial charge in [-0.3, -0.25) is 0 Å². The number of hydrogen-bond donors (Lipinski definition) is 0. The number of aromatic nitrogens is 3. The number of fused-ring (bicyclic) bond motifs is 3. The minimum absolute atomic E-state index is 0.453. The van der Waals surface area contributed by atoms with Gasteiger partial charge < -0.3 is 0 Å². The Bertz CT molecular complexity index is 2430. The first-order valence-corrected chi connectivity index (χ1v) is 17.5. The zero-order valence-corrected chi connectivity index (χ0v) is 28.6. The Morgan fingerprint density at radius 1 is 0.314 bits per heavy atom. The van der Waals surface area contributed by atoms with Gasteiger partial charge in [-0.25, -0.2) is 15.0 Å². The lowest BCUT2D eigenvalue weighted by Gasteiger charge is -2.36. The standard InChI is InChI=1S/C48H35N3/c1-32-16-9-12-24-41(32)48(43-25-13-10-21-39(43)40-22-11-14-26-44(40)48)42-27-15-23-38(33(42)2)34-28-30-37(31-29-34)47-50-45(35-17-5-3-6-18-35)49-46(51-47)36-19-7-4-8-20-36/h3-31H,1-2H3. The Kier molecular flexibility index (Phi) is 7.48. The van der Waals surface area contributed by atoms with Crippen LogP contribution in [-0.4, -0.2) is 15.0 Å². The molecular weight excluding hydrogens is 619 g/mol. The predicted octanol–water partition coefficient (Wildman–Crippen LogP) is 11.5. The van der Waals surface area contributed by atoms with E-state index in [4.69, 9.17) is 15.0 Å². The maximum Gasteiger partial charge on any atom is 0.164 e. The highest BCUT2D eigenvalue weighted by Crippen LogP contribution is 2.57. The van der Waals surface area contributed by atoms with Gasteiger partial charge in [0.15, 0.2) is 17.5 Å². The van der Waals surface area contributed by atoms with Gasteiger partial charge in [0.25, 0.3) is 0 Å². The molecule has 8 aromatic rings. The van der Waals surface area contributed by atoms with Crippen LogP contribution in [-0.2, 0) is 5.41 Å². The van der Waals surface area contributed by atoms with Crippen molar-refractivity contribution in [3.63, 3.8) is 0 Å². The predicted molar refractivity (Wildman–Crippen MR) is 208 cm³/mol. The molecule has 9 rings (SSSR count). The normalized spacial score (nSPS) is 12.7. The van der Waals surface area contributed by atoms with Crippen molar-refractivity contribution in [3.8, 4) is 56.4 Å². The Hall–Kier alpha value is -6.45. The fourth-order valence-corrected chi connectivity index (χ4v) is 8.05. The molecule has 0 unspecified atom stereocenters. The van der Waals surface area contributed by atoms with E-state index in [2.05, 4.69) is 129 Å². The van der Waals surface area contributed by atoms with Gasteiger partial charge >= 0.3 is 0 Å². The minimum Gasteiger partial charge on any atom is -0.208 e. The summed E-state index contributed by atoms with van der Waals surface area (Å²) in [6.07, 6.45) is 0. The fourth-order valence-electron chi connectivity index (χ4n) is 8.05. The molecule has 0 saturated heterocycles. The number of hydrogen-bond acceptors (Lipinski definition) is 3. The molecule has 1 aromatic heterocycles. The van der Waals surface area contributed by atoms with E-state index in [-0.39, 0.29) is 0 Å². The summed E-state index contributed by atoms with van der Waals surface area (Å²) in [7, 11) is 0. The van der Waals surface area contributed by atoms with E-state index in [1.54, 1.807) is 0 Å². The first-order valence-electron chi connectivity index (χ1n) is 17.5. The average molecular weight is 654 g/mol. The lowest BCUT2D eigenvalue weighted by Crippen LogP contribution is -2.30. The van der Waals surface area contributed by atoms with Crippen molar-refractivity contribution in [2.24, 2.45) is 0 Å². The van der Waals surface area contributed by atoms with Crippen molar-refractivity contribution in [1.29, 1.82) is 0 Å². The summed E-state index contributed by atoms with van der Waals surface area (Å²) in [5.74, 6) is 1.97. The topological polar surface area (TPSA) is 38.7 Å². The van der Waals surface area contributed by atoms with Crippen molar-refractivity contribution in [1.82, 2.24) is 15.0 Å². The molecule has 0 saturated carbocycles. The third-order valence-corrected chi connectivity index (χ3v) is 10.4. The van der Waals surface area contributed by atoms with Crippen molar-refractivity contribution in [2.75, 3.05) is 0 Å². The molecule has 0 atom stereocenters. The largest absolute Gasteiger partial charge is 0.208 e. The molecule has 242 valence electrons. The molecule has 1 heterocycles. The zero-order chi connectivity index (χ0) is 34.4. The van der Waals surface area contributed by atoms with Crippen LogP contribution in [0.15, 0.2) is 176 Å². The van der Waals surface area contributed by atoms with E-state index in [0.717, 1.165) is 22.3 Å². The molecule has 0 N–H and O–H groups in total. The minimum atomic E-state index is -0.453. The molecule has 3 nitrogen and oxygen atoms in total. The molecule has 51 heavy (non-hydrogen) atoms. The van der Waals surface area contributed by atoms with Crippen LogP contribution >= 0.6 is 0 Å². The summed E-state index contributed by atoms with van der Waals surface area (Å²) in [6, 6.07) is 62.5. The number of aryl methyl sites for hydroxylation is 1. The van der Waals surface area contributed by atoms with Crippen molar-refractivity contribution in [3.05, 3.63) is 209 Å². The van der Waals surface area contributed by atoms with Gasteiger partial charge in [-0.15, -0.1) is 0 Å². The second-order valence-corrected chi connectivity index (χ2v) is 13.2. The van der Waals surface area contributed by atoms with E-state index in [1.807, 2.05) is 60.7 Å². The Morgan fingerprint density at radius 2 is 0.706 bits per heavy atom. The SMILES string of the molecule is Cc1ccccc1C1(c2cccc(-c3ccc(-c4nc(-c5ccccc5)nc(-c5ccccc5)n4)cc3)c2C)c2ccccc2-c2ccccc21. The van der Waals surface area contributed by atoms with Gasteiger partial charge in [0.05, 0.1) is 5.41 Å². The first-order chi connectivity index (χ1) is 25.1. The van der Waals surface area contributed by atoms with Gasteiger partial charge in [-0.1, -0.05) is 176 Å². The lowest BCUT2D eigenvalue weighted by atomic mass is 9.65. The number of rotatable bonds is 6. The Balaban J connectivity index is 1.19. The molecule has 3 heteroatoms. The van der Waals surface area contributed by atoms with Gasteiger partial charge in [-0.05, 0) is 69.5 Å². The highest BCUT2D eigenvalue weighted by Gasteiger charge is 2.47. The van der Waals surface area contributed by atoms with Gasteiger partial charge in [0.1, 0.15) is 0 Å². The quantitative estimate of drug-likeness (QED) is 0.179. The highest BCUT2D eigenvalue weighted by molar-refractivity contribution is 5.88. The van der Waals surface area contributed by atoms with Crippen LogP contribution in [0.25, 0.3) is 56.4 Å². The van der Waals surface area contributed by atoms with Crippen molar-refractivity contribution >= 4 is 0 Å². The highest BCUT2D eigenvalue weighted by atomic mass is 15.0. The number of benzene rings is 7. The Labute approximate surface area is 299 Å². The smallest absolute Gasteiger partial charge is 0.164 e. The summed E-state index contributed by atoms with van der Waals surface area (Å²) in [5, 5.41) is 0. The first kappa shape index (κ1) is 30.6. The molecule has 0 amide bonds. The molecule has 1 aliphatic rings. The maximum absolute atomic E-state index is 4.96. The second kappa shape index (κ2) is 12.5. The van der Waals surface area contributed by atoms with E-state index in [9.17, 15) is 0 Å². The summed E-state index contributed by atoms with van der Waals surface area (Å²) in [6.45, 7) is 4.53. The van der Waals surface area contributed by atoms with Crippen LogP contribution in [0.3, 0.4) is 0 Å². The summed E-state index contributed by atoms with van der Waals surface area (Å²) in [5.41, 5.74) is 15.2. The molecular formula is C48H35N3. The van der Waals surface area contributed by atoms with E-state index >= 15 is 0 Å². The molecule has 7 aromatic carbocycles. The van der Waals surface area contributed by atoms with Crippen LogP contribution in [0.5, 0.6) is 0 Å².